The van der Waals surface area contributed by atoms with E-state index in [9.17, 15) is 4.79 Å². The zero-order valence-corrected chi connectivity index (χ0v) is 12.9. The summed E-state index contributed by atoms with van der Waals surface area (Å²) in [5.41, 5.74) is 0. The second kappa shape index (κ2) is 6.67. The second-order valence-electron chi connectivity index (χ2n) is 3.65. The molecule has 0 aliphatic rings. The zero-order chi connectivity index (χ0) is 12.1. The lowest BCUT2D eigenvalue weighted by Crippen LogP contribution is -2.34. The van der Waals surface area contributed by atoms with Crippen molar-refractivity contribution in [1.29, 1.82) is 0 Å². The van der Waals surface area contributed by atoms with Gasteiger partial charge in [0.1, 0.15) is 0 Å². The SMILES string of the molecule is CSCCC(C)N(C)C(=O)c1ccc(Br)s1. The number of carbonyl (C=O) groups is 1. The number of carbonyl (C=O) groups excluding carboxylic acids is 1. The minimum atomic E-state index is 0.115. The van der Waals surface area contributed by atoms with Crippen LogP contribution in [0.5, 0.6) is 0 Å². The fraction of sp³-hybridized carbons (Fsp3) is 0.545. The zero-order valence-electron chi connectivity index (χ0n) is 9.70. The molecule has 0 aromatic carbocycles. The highest BCUT2D eigenvalue weighted by Crippen LogP contribution is 2.23. The molecule has 0 saturated heterocycles. The first-order chi connectivity index (χ1) is 7.56. The molecular weight excluding hydrogens is 306 g/mol. The van der Waals surface area contributed by atoms with Gasteiger partial charge in [0.15, 0.2) is 0 Å². The van der Waals surface area contributed by atoms with Crippen molar-refractivity contribution in [1.82, 2.24) is 4.90 Å². The maximum Gasteiger partial charge on any atom is 0.263 e. The van der Waals surface area contributed by atoms with Gasteiger partial charge in [0.2, 0.25) is 0 Å². The summed E-state index contributed by atoms with van der Waals surface area (Å²) in [7, 11) is 1.88. The molecule has 1 aromatic heterocycles. The molecule has 90 valence electrons. The average molecular weight is 322 g/mol. The molecule has 1 unspecified atom stereocenters. The monoisotopic (exact) mass is 321 g/mol. The first kappa shape index (κ1) is 14.1. The first-order valence-electron chi connectivity index (χ1n) is 5.07. The van der Waals surface area contributed by atoms with Crippen LogP contribution in [0.3, 0.4) is 0 Å². The average Bonchev–Trinajstić information content (AvgIpc) is 2.70. The van der Waals surface area contributed by atoms with Gasteiger partial charge in [-0.15, -0.1) is 11.3 Å². The predicted octanol–water partition coefficient (Wildman–Crippen LogP) is 3.72. The number of nitrogens with zero attached hydrogens (tertiary/aromatic N) is 1. The van der Waals surface area contributed by atoms with Crippen molar-refractivity contribution in [2.45, 2.75) is 19.4 Å². The maximum atomic E-state index is 12.1. The van der Waals surface area contributed by atoms with Crippen molar-refractivity contribution in [3.63, 3.8) is 0 Å². The van der Waals surface area contributed by atoms with Gasteiger partial charge in [0, 0.05) is 13.1 Å². The van der Waals surface area contributed by atoms with E-state index in [1.807, 2.05) is 35.8 Å². The van der Waals surface area contributed by atoms with Crippen molar-refractivity contribution in [3.8, 4) is 0 Å². The van der Waals surface area contributed by atoms with E-state index in [-0.39, 0.29) is 5.91 Å². The molecule has 1 heterocycles. The van der Waals surface area contributed by atoms with Gasteiger partial charge in [0.25, 0.3) is 5.91 Å². The van der Waals surface area contributed by atoms with Gasteiger partial charge >= 0.3 is 0 Å². The number of hydrogen-bond acceptors (Lipinski definition) is 3. The Bertz CT molecular complexity index is 354. The number of rotatable bonds is 5. The van der Waals surface area contributed by atoms with Gasteiger partial charge in [-0.25, -0.2) is 0 Å². The molecule has 0 fully saturated rings. The predicted molar refractivity (Wildman–Crippen MR) is 76.6 cm³/mol. The summed E-state index contributed by atoms with van der Waals surface area (Å²) in [6.07, 6.45) is 3.13. The van der Waals surface area contributed by atoms with Gasteiger partial charge in [-0.1, -0.05) is 0 Å². The highest BCUT2D eigenvalue weighted by Gasteiger charge is 2.18. The van der Waals surface area contributed by atoms with Crippen molar-refractivity contribution in [2.75, 3.05) is 19.1 Å². The van der Waals surface area contributed by atoms with E-state index in [1.165, 1.54) is 11.3 Å². The summed E-state index contributed by atoms with van der Waals surface area (Å²) >= 11 is 6.67. The molecule has 1 amide bonds. The maximum absolute atomic E-state index is 12.1. The third-order valence-electron chi connectivity index (χ3n) is 2.51. The molecule has 1 aromatic rings. The van der Waals surface area contributed by atoms with Crippen LogP contribution < -0.4 is 0 Å². The Hall–Kier alpha value is -0.0000000000000000833. The van der Waals surface area contributed by atoms with E-state index in [0.29, 0.717) is 6.04 Å². The van der Waals surface area contributed by atoms with E-state index in [0.717, 1.165) is 20.8 Å². The standard InChI is InChI=1S/C11H16BrNOS2/c1-8(6-7-15-3)13(2)11(14)9-4-5-10(12)16-9/h4-5,8H,6-7H2,1-3H3. The van der Waals surface area contributed by atoms with E-state index in [4.69, 9.17) is 0 Å². The molecule has 5 heteroatoms. The lowest BCUT2D eigenvalue weighted by molar-refractivity contribution is 0.0746. The Morgan fingerprint density at radius 1 is 1.62 bits per heavy atom. The van der Waals surface area contributed by atoms with Crippen LogP contribution >= 0.6 is 39.0 Å². The molecule has 0 N–H and O–H groups in total. The van der Waals surface area contributed by atoms with E-state index >= 15 is 0 Å². The topological polar surface area (TPSA) is 20.3 Å². The summed E-state index contributed by atoms with van der Waals surface area (Å²) in [6.45, 7) is 2.09. The van der Waals surface area contributed by atoms with Crippen LogP contribution in [-0.2, 0) is 0 Å². The van der Waals surface area contributed by atoms with E-state index in [1.54, 1.807) is 0 Å². The van der Waals surface area contributed by atoms with Gasteiger partial charge in [-0.05, 0) is 53.4 Å². The lowest BCUT2D eigenvalue weighted by Gasteiger charge is -2.24. The van der Waals surface area contributed by atoms with Gasteiger partial charge in [-0.2, -0.15) is 11.8 Å². The van der Waals surface area contributed by atoms with Crippen molar-refractivity contribution < 1.29 is 4.79 Å². The Labute approximate surface area is 114 Å². The smallest absolute Gasteiger partial charge is 0.263 e. The number of hydrogen-bond donors (Lipinski definition) is 0. The highest BCUT2D eigenvalue weighted by molar-refractivity contribution is 9.11. The van der Waals surface area contributed by atoms with Gasteiger partial charge < -0.3 is 4.90 Å². The largest absolute Gasteiger partial charge is 0.338 e. The molecule has 16 heavy (non-hydrogen) atoms. The number of amides is 1. The fourth-order valence-electron chi connectivity index (χ4n) is 1.29. The Kier molecular flexibility index (Phi) is 5.86. The van der Waals surface area contributed by atoms with Crippen LogP contribution in [0, 0.1) is 0 Å². The van der Waals surface area contributed by atoms with Crippen molar-refractivity contribution in [3.05, 3.63) is 20.8 Å². The Morgan fingerprint density at radius 3 is 2.81 bits per heavy atom. The van der Waals surface area contributed by atoms with Crippen LogP contribution in [0.1, 0.15) is 23.0 Å². The highest BCUT2D eigenvalue weighted by atomic mass is 79.9. The fourth-order valence-corrected chi connectivity index (χ4v) is 3.23. The third kappa shape index (κ3) is 3.79. The van der Waals surface area contributed by atoms with Crippen LogP contribution in [0.25, 0.3) is 0 Å². The van der Waals surface area contributed by atoms with E-state index < -0.39 is 0 Å². The molecule has 0 radical (unpaired) electrons. The van der Waals surface area contributed by atoms with Crippen LogP contribution in [0.2, 0.25) is 0 Å². The molecular formula is C11H16BrNOS2. The summed E-state index contributed by atoms with van der Waals surface area (Å²) in [6, 6.07) is 4.08. The minimum Gasteiger partial charge on any atom is -0.338 e. The summed E-state index contributed by atoms with van der Waals surface area (Å²) in [5, 5.41) is 0. The summed E-state index contributed by atoms with van der Waals surface area (Å²) < 4.78 is 1.00. The second-order valence-corrected chi connectivity index (χ2v) is 7.10. The Morgan fingerprint density at radius 2 is 2.31 bits per heavy atom. The molecule has 0 aliphatic carbocycles. The number of halogens is 1. The molecule has 1 rings (SSSR count). The van der Waals surface area contributed by atoms with E-state index in [2.05, 4.69) is 29.1 Å². The lowest BCUT2D eigenvalue weighted by atomic mass is 10.2. The quantitative estimate of drug-likeness (QED) is 0.823. The van der Waals surface area contributed by atoms with Gasteiger partial charge in [0.05, 0.1) is 8.66 Å². The molecule has 0 spiro atoms. The van der Waals surface area contributed by atoms with Gasteiger partial charge in [-0.3, -0.25) is 4.79 Å². The first-order valence-corrected chi connectivity index (χ1v) is 8.08. The normalized spacial score (nSPS) is 12.5. The summed E-state index contributed by atoms with van der Waals surface area (Å²) in [5.74, 6) is 1.21. The van der Waals surface area contributed by atoms with Crippen LogP contribution in [-0.4, -0.2) is 35.9 Å². The molecule has 2 nitrogen and oxygen atoms in total. The van der Waals surface area contributed by atoms with Crippen molar-refractivity contribution >= 4 is 44.9 Å². The van der Waals surface area contributed by atoms with Crippen molar-refractivity contribution in [2.24, 2.45) is 0 Å². The molecule has 0 bridgehead atoms. The molecule has 0 saturated carbocycles. The number of thiophene rings is 1. The summed E-state index contributed by atoms with van der Waals surface area (Å²) in [4.78, 5) is 14.7. The Balaban J connectivity index is 2.59. The van der Waals surface area contributed by atoms with Crippen LogP contribution in [0.4, 0.5) is 0 Å². The number of thioether (sulfide) groups is 1. The third-order valence-corrected chi connectivity index (χ3v) is 4.76. The molecule has 0 aliphatic heterocycles. The van der Waals surface area contributed by atoms with Crippen LogP contribution in [0.15, 0.2) is 15.9 Å². The molecule has 1 atom stereocenters. The minimum absolute atomic E-state index is 0.115.